The molecule has 0 heterocycles. The Morgan fingerprint density at radius 2 is 1.35 bits per heavy atom. The van der Waals surface area contributed by atoms with E-state index in [2.05, 4.69) is 14.8 Å². The van der Waals surface area contributed by atoms with Crippen molar-refractivity contribution >= 4 is 13.8 Å². The summed E-state index contributed by atoms with van der Waals surface area (Å²) >= 11 is 0. The van der Waals surface area contributed by atoms with E-state index < -0.39 is 0 Å². The fourth-order valence-electron chi connectivity index (χ4n) is 2.37. The highest BCUT2D eigenvalue weighted by atomic mass is 16.5. The van der Waals surface area contributed by atoms with E-state index in [0.717, 1.165) is 12.8 Å². The van der Waals surface area contributed by atoms with Gasteiger partial charge < -0.3 is 4.74 Å². The fourth-order valence-corrected chi connectivity index (χ4v) is 2.37. The minimum absolute atomic E-state index is 0.00599. The van der Waals surface area contributed by atoms with Crippen LogP contribution in [0.2, 0.25) is 6.32 Å². The molecule has 118 valence electrons. The number of carbonyl (C=O) groups is 1. The zero-order valence-corrected chi connectivity index (χ0v) is 13.9. The molecule has 20 heavy (non-hydrogen) atoms. The van der Waals surface area contributed by atoms with Gasteiger partial charge in [-0.15, -0.1) is 0 Å². The van der Waals surface area contributed by atoms with E-state index >= 15 is 0 Å². The molecule has 0 aromatic rings. The average Bonchev–Trinajstić information content (AvgIpc) is 2.45. The maximum absolute atomic E-state index is 11.5. The normalized spacial score (nSPS) is 10.7. The molecule has 0 aliphatic carbocycles. The van der Waals surface area contributed by atoms with Crippen molar-refractivity contribution < 1.29 is 9.53 Å². The largest absolute Gasteiger partial charge is 0.466 e. The monoisotopic (exact) mass is 282 g/mol. The van der Waals surface area contributed by atoms with Crippen LogP contribution in [-0.4, -0.2) is 20.4 Å². The first kappa shape index (κ1) is 19.5. The van der Waals surface area contributed by atoms with Crippen LogP contribution < -0.4 is 0 Å². The summed E-state index contributed by atoms with van der Waals surface area (Å²) in [5.74, 6) is 0.00599. The number of esters is 1. The number of carbonyl (C=O) groups excluding carboxylic acids is 1. The van der Waals surface area contributed by atoms with Gasteiger partial charge >= 0.3 is 5.97 Å². The van der Waals surface area contributed by atoms with Crippen molar-refractivity contribution in [2.24, 2.45) is 0 Å². The van der Waals surface area contributed by atoms with Crippen LogP contribution in [0, 0.1) is 0 Å². The van der Waals surface area contributed by atoms with Crippen molar-refractivity contribution in [2.75, 3.05) is 6.61 Å². The highest BCUT2D eigenvalue weighted by molar-refractivity contribution is 6.08. The molecule has 0 aromatic carbocycles. The van der Waals surface area contributed by atoms with E-state index in [9.17, 15) is 4.79 Å². The van der Waals surface area contributed by atoms with Crippen LogP contribution in [0.3, 0.4) is 0 Å². The lowest BCUT2D eigenvalue weighted by molar-refractivity contribution is -0.143. The molecule has 2 nitrogen and oxygen atoms in total. The van der Waals surface area contributed by atoms with E-state index in [4.69, 9.17) is 4.74 Å². The number of ether oxygens (including phenoxy) is 1. The molecular formula is C17H35BO2. The van der Waals surface area contributed by atoms with Gasteiger partial charge in [0.2, 0.25) is 0 Å². The van der Waals surface area contributed by atoms with Crippen LogP contribution in [0.15, 0.2) is 0 Å². The van der Waals surface area contributed by atoms with Crippen LogP contribution in [0.1, 0.15) is 90.4 Å². The summed E-state index contributed by atoms with van der Waals surface area (Å²) in [6.45, 7) is 2.87. The lowest BCUT2D eigenvalue weighted by Gasteiger charge is -2.05. The van der Waals surface area contributed by atoms with Gasteiger partial charge in [-0.3, -0.25) is 4.79 Å². The summed E-state index contributed by atoms with van der Waals surface area (Å²) in [4.78, 5) is 11.5. The van der Waals surface area contributed by atoms with Crippen LogP contribution in [0.4, 0.5) is 0 Å². The predicted octanol–water partition coefficient (Wildman–Crippen LogP) is 4.67. The smallest absolute Gasteiger partial charge is 0.305 e. The Bertz CT molecular complexity index is 207. The highest BCUT2D eigenvalue weighted by Crippen LogP contribution is 2.09. The molecule has 0 unspecified atom stereocenters. The minimum atomic E-state index is 0.00599. The highest BCUT2D eigenvalue weighted by Gasteiger charge is 2.02. The Kier molecular flexibility index (Phi) is 16.2. The van der Waals surface area contributed by atoms with Crippen LogP contribution in [-0.2, 0) is 9.53 Å². The fraction of sp³-hybridized carbons (Fsp3) is 0.941. The summed E-state index contributed by atoms with van der Waals surface area (Å²) < 4.78 is 5.26. The number of hydrogen-bond acceptors (Lipinski definition) is 2. The van der Waals surface area contributed by atoms with Gasteiger partial charge in [0.05, 0.1) is 6.61 Å². The number of rotatable bonds is 15. The van der Waals surface area contributed by atoms with Gasteiger partial charge in [0.15, 0.2) is 0 Å². The predicted molar refractivity (Wildman–Crippen MR) is 90.0 cm³/mol. The average molecular weight is 282 g/mol. The molecule has 0 bridgehead atoms. The third kappa shape index (κ3) is 15.6. The summed E-state index contributed by atoms with van der Waals surface area (Å²) in [5, 5.41) is 0. The van der Waals surface area contributed by atoms with Gasteiger partial charge in [0.1, 0.15) is 7.85 Å². The maximum Gasteiger partial charge on any atom is 0.305 e. The molecule has 3 heteroatoms. The third-order valence-electron chi connectivity index (χ3n) is 3.75. The molecule has 0 aromatic heterocycles. The van der Waals surface area contributed by atoms with Gasteiger partial charge in [-0.05, 0) is 12.8 Å². The van der Waals surface area contributed by atoms with E-state index in [-0.39, 0.29) is 5.97 Å². The van der Waals surface area contributed by atoms with Crippen molar-refractivity contribution in [1.82, 2.24) is 0 Å². The molecule has 0 atom stereocenters. The van der Waals surface area contributed by atoms with Gasteiger partial charge in [-0.1, -0.05) is 77.5 Å². The van der Waals surface area contributed by atoms with Gasteiger partial charge in [0, 0.05) is 6.42 Å². The Hall–Kier alpha value is -0.465. The number of hydrogen-bond donors (Lipinski definition) is 0. The standard InChI is InChI=1S/C17H35BO2/c1-2-3-4-5-6-10-13-16-20-17(19)14-11-8-7-9-12-15-18/h2-16,18H2,1H3. The molecule has 0 spiro atoms. The summed E-state index contributed by atoms with van der Waals surface area (Å²) in [7, 11) is 2.22. The Morgan fingerprint density at radius 1 is 0.800 bits per heavy atom. The molecule has 0 amide bonds. The van der Waals surface area contributed by atoms with Crippen molar-refractivity contribution in [2.45, 2.75) is 96.7 Å². The molecule has 0 aliphatic rings. The summed E-state index contributed by atoms with van der Waals surface area (Å²) in [5.41, 5.74) is 0. The van der Waals surface area contributed by atoms with Crippen LogP contribution >= 0.6 is 0 Å². The SMILES string of the molecule is BCCCCCCCC(=O)OCCCCCCCCC. The second-order valence-corrected chi connectivity index (χ2v) is 5.86. The molecule has 0 rings (SSSR count). The van der Waals surface area contributed by atoms with E-state index in [1.807, 2.05) is 0 Å². The Labute approximate surface area is 127 Å². The second kappa shape index (κ2) is 16.6. The lowest BCUT2D eigenvalue weighted by atomic mass is 9.98. The zero-order chi connectivity index (χ0) is 14.9. The first-order valence-corrected chi connectivity index (χ1v) is 8.96. The van der Waals surface area contributed by atoms with Gasteiger partial charge in [-0.25, -0.2) is 0 Å². The van der Waals surface area contributed by atoms with Crippen molar-refractivity contribution in [1.29, 1.82) is 0 Å². The van der Waals surface area contributed by atoms with Crippen LogP contribution in [0.5, 0.6) is 0 Å². The lowest BCUT2D eigenvalue weighted by Crippen LogP contribution is -2.05. The quantitative estimate of drug-likeness (QED) is 0.248. The molecule has 0 saturated carbocycles. The molecular weight excluding hydrogens is 247 g/mol. The topological polar surface area (TPSA) is 26.3 Å². The van der Waals surface area contributed by atoms with Crippen LogP contribution in [0.25, 0.3) is 0 Å². The third-order valence-corrected chi connectivity index (χ3v) is 3.75. The molecule has 0 aliphatic heterocycles. The molecule has 0 fully saturated rings. The minimum Gasteiger partial charge on any atom is -0.466 e. The zero-order valence-electron chi connectivity index (χ0n) is 13.9. The Morgan fingerprint density at radius 3 is 2.00 bits per heavy atom. The van der Waals surface area contributed by atoms with Crippen molar-refractivity contribution in [3.8, 4) is 0 Å². The van der Waals surface area contributed by atoms with Gasteiger partial charge in [0.25, 0.3) is 0 Å². The van der Waals surface area contributed by atoms with E-state index in [1.165, 1.54) is 70.5 Å². The second-order valence-electron chi connectivity index (χ2n) is 5.86. The van der Waals surface area contributed by atoms with E-state index in [0.29, 0.717) is 13.0 Å². The van der Waals surface area contributed by atoms with Crippen molar-refractivity contribution in [3.63, 3.8) is 0 Å². The molecule has 0 saturated heterocycles. The Balaban J connectivity index is 3.12. The summed E-state index contributed by atoms with van der Waals surface area (Å²) in [6, 6.07) is 0. The van der Waals surface area contributed by atoms with Crippen molar-refractivity contribution in [3.05, 3.63) is 0 Å². The van der Waals surface area contributed by atoms with E-state index in [1.54, 1.807) is 0 Å². The maximum atomic E-state index is 11.5. The van der Waals surface area contributed by atoms with Gasteiger partial charge in [-0.2, -0.15) is 0 Å². The first-order chi connectivity index (χ1) is 9.81. The number of unbranched alkanes of at least 4 members (excludes halogenated alkanes) is 10. The first-order valence-electron chi connectivity index (χ1n) is 8.96. The summed E-state index contributed by atoms with van der Waals surface area (Å²) in [6.07, 6.45) is 16.8. The molecule has 0 radical (unpaired) electrons. The molecule has 0 N–H and O–H groups in total.